The van der Waals surface area contributed by atoms with Crippen molar-refractivity contribution in [2.24, 2.45) is 0 Å². The number of halogens is 4. The Kier molecular flexibility index (Phi) is 11.9. The molecule has 3 N–H and O–H groups in total. The van der Waals surface area contributed by atoms with Crippen LogP contribution in [0.5, 0.6) is 0 Å². The molecular weight excluding hydrogens is 633 g/mol. The number of piperidine rings is 2. The minimum atomic E-state index is -4.65. The average Bonchev–Trinajstić information content (AvgIpc) is 3.06. The van der Waals surface area contributed by atoms with Crippen molar-refractivity contribution in [3.63, 3.8) is 0 Å². The Labute approximate surface area is 280 Å². The van der Waals surface area contributed by atoms with E-state index in [1.54, 1.807) is 9.80 Å². The summed E-state index contributed by atoms with van der Waals surface area (Å²) in [4.78, 5) is 35.3. The number of nitrogen functional groups attached to an aromatic ring is 1. The van der Waals surface area contributed by atoms with Gasteiger partial charge in [-0.1, -0.05) is 35.9 Å². The van der Waals surface area contributed by atoms with Gasteiger partial charge in [0.05, 0.1) is 10.6 Å². The number of benzene rings is 2. The predicted octanol–water partition coefficient (Wildman–Crippen LogP) is 4.52. The molecule has 13 heteroatoms. The molecule has 0 aromatic heterocycles. The molecule has 5 rings (SSSR count). The van der Waals surface area contributed by atoms with Crippen LogP contribution in [0.1, 0.15) is 42.4 Å². The Morgan fingerprint density at radius 1 is 0.957 bits per heavy atom. The molecule has 0 radical (unpaired) electrons. The first-order valence-electron chi connectivity index (χ1n) is 16.6. The lowest BCUT2D eigenvalue weighted by Crippen LogP contribution is -2.54. The SMILES string of the molecule is CN1CCN(C2CCN(C(=O)[C@@H](Cc3ccc(Cl)c(C(F)(F)F)c3)OC(=O)N3CCC(NCCc4ccccc4N)CC3)CC2)CC1. The molecule has 0 saturated carbocycles. The molecule has 2 amide bonds. The molecule has 258 valence electrons. The number of ether oxygens (including phenoxy) is 1. The van der Waals surface area contributed by atoms with Crippen LogP contribution >= 0.6 is 11.6 Å². The number of alkyl halides is 3. The van der Waals surface area contributed by atoms with Gasteiger partial charge in [0, 0.05) is 76.5 Å². The number of nitrogens with zero attached hydrogens (tertiary/aromatic N) is 4. The largest absolute Gasteiger partial charge is 0.436 e. The average molecular weight is 679 g/mol. The van der Waals surface area contributed by atoms with E-state index in [1.165, 1.54) is 12.1 Å². The van der Waals surface area contributed by atoms with Gasteiger partial charge in [0.1, 0.15) is 0 Å². The maximum Gasteiger partial charge on any atom is 0.417 e. The topological polar surface area (TPSA) is 94.4 Å². The van der Waals surface area contributed by atoms with Crippen LogP contribution < -0.4 is 11.1 Å². The van der Waals surface area contributed by atoms with Gasteiger partial charge in [-0.25, -0.2) is 4.79 Å². The summed E-state index contributed by atoms with van der Waals surface area (Å²) in [6.45, 7) is 6.65. The molecule has 2 aromatic carbocycles. The Balaban J connectivity index is 1.19. The zero-order valence-corrected chi connectivity index (χ0v) is 27.7. The Bertz CT molecular complexity index is 1360. The second kappa shape index (κ2) is 15.9. The number of rotatable bonds is 9. The van der Waals surface area contributed by atoms with Crippen molar-refractivity contribution in [2.45, 2.75) is 62.9 Å². The number of likely N-dealkylation sites (N-methyl/N-ethyl adjacent to an activating group) is 1. The van der Waals surface area contributed by atoms with Gasteiger partial charge in [0.15, 0.2) is 6.10 Å². The first-order chi connectivity index (χ1) is 22.5. The van der Waals surface area contributed by atoms with E-state index in [9.17, 15) is 22.8 Å². The number of hydrogen-bond acceptors (Lipinski definition) is 7. The number of nitrogens with two attached hydrogens (primary N) is 1. The molecule has 0 bridgehead atoms. The maximum atomic E-state index is 13.8. The number of para-hydroxylation sites is 1. The van der Waals surface area contributed by atoms with Crippen molar-refractivity contribution in [3.05, 3.63) is 64.2 Å². The zero-order chi connectivity index (χ0) is 33.6. The van der Waals surface area contributed by atoms with Gasteiger partial charge in [-0.15, -0.1) is 0 Å². The van der Waals surface area contributed by atoms with Crippen molar-refractivity contribution in [1.82, 2.24) is 24.9 Å². The number of hydrogen-bond donors (Lipinski definition) is 2. The van der Waals surface area contributed by atoms with E-state index in [0.717, 1.165) is 69.3 Å². The number of amides is 2. The van der Waals surface area contributed by atoms with Crippen molar-refractivity contribution in [1.29, 1.82) is 0 Å². The van der Waals surface area contributed by atoms with Gasteiger partial charge in [-0.2, -0.15) is 13.2 Å². The Morgan fingerprint density at radius 3 is 2.28 bits per heavy atom. The fourth-order valence-corrected chi connectivity index (χ4v) is 7.01. The molecule has 0 aliphatic carbocycles. The highest BCUT2D eigenvalue weighted by atomic mass is 35.5. The third-order valence-electron chi connectivity index (χ3n) is 9.74. The Morgan fingerprint density at radius 2 is 1.62 bits per heavy atom. The van der Waals surface area contributed by atoms with Crippen molar-refractivity contribution in [2.75, 3.05) is 71.7 Å². The molecular formula is C34H46ClF3N6O3. The lowest BCUT2D eigenvalue weighted by atomic mass is 10.00. The summed E-state index contributed by atoms with van der Waals surface area (Å²) in [6.07, 6.45) is -2.89. The van der Waals surface area contributed by atoms with E-state index in [4.69, 9.17) is 22.1 Å². The van der Waals surface area contributed by atoms with E-state index in [0.29, 0.717) is 45.1 Å². The molecule has 3 fully saturated rings. The second-order valence-electron chi connectivity index (χ2n) is 12.9. The van der Waals surface area contributed by atoms with E-state index in [1.807, 2.05) is 24.3 Å². The minimum Gasteiger partial charge on any atom is -0.436 e. The molecule has 2 aromatic rings. The van der Waals surface area contributed by atoms with E-state index in [2.05, 4.69) is 22.2 Å². The molecule has 3 aliphatic rings. The number of carbonyl (C=O) groups excluding carboxylic acids is 2. The van der Waals surface area contributed by atoms with E-state index < -0.39 is 29.0 Å². The highest BCUT2D eigenvalue weighted by molar-refractivity contribution is 6.31. The van der Waals surface area contributed by atoms with Gasteiger partial charge in [0.25, 0.3) is 5.91 Å². The maximum absolute atomic E-state index is 13.8. The van der Waals surface area contributed by atoms with Crippen LogP contribution in [0.2, 0.25) is 5.02 Å². The Hall–Kier alpha value is -3.06. The third kappa shape index (κ3) is 9.52. The van der Waals surface area contributed by atoms with Crippen LogP contribution in [0.25, 0.3) is 0 Å². The summed E-state index contributed by atoms with van der Waals surface area (Å²) in [5.74, 6) is -0.379. The van der Waals surface area contributed by atoms with Gasteiger partial charge in [0.2, 0.25) is 0 Å². The number of piperazine rings is 1. The van der Waals surface area contributed by atoms with Crippen LogP contribution in [0.15, 0.2) is 42.5 Å². The fraction of sp³-hybridized carbons (Fsp3) is 0.588. The van der Waals surface area contributed by atoms with Gasteiger partial charge in [-0.3, -0.25) is 9.69 Å². The van der Waals surface area contributed by atoms with Gasteiger partial charge < -0.3 is 30.5 Å². The third-order valence-corrected chi connectivity index (χ3v) is 10.1. The predicted molar refractivity (Wildman–Crippen MR) is 176 cm³/mol. The smallest absolute Gasteiger partial charge is 0.417 e. The normalized spacial score (nSPS) is 19.9. The minimum absolute atomic E-state index is 0.177. The highest BCUT2D eigenvalue weighted by Crippen LogP contribution is 2.35. The molecule has 0 spiro atoms. The molecule has 3 heterocycles. The molecule has 3 aliphatic heterocycles. The van der Waals surface area contributed by atoms with Crippen molar-refractivity contribution >= 4 is 29.3 Å². The van der Waals surface area contributed by atoms with Crippen LogP contribution in [-0.2, 0) is 28.5 Å². The number of nitrogens with one attached hydrogen (secondary N) is 1. The summed E-state index contributed by atoms with van der Waals surface area (Å²) in [6, 6.07) is 11.9. The van der Waals surface area contributed by atoms with Crippen LogP contribution in [0.3, 0.4) is 0 Å². The fourth-order valence-electron chi connectivity index (χ4n) is 6.79. The first-order valence-corrected chi connectivity index (χ1v) is 16.9. The van der Waals surface area contributed by atoms with E-state index >= 15 is 0 Å². The molecule has 47 heavy (non-hydrogen) atoms. The van der Waals surface area contributed by atoms with Crippen LogP contribution in [0.4, 0.5) is 23.7 Å². The summed E-state index contributed by atoms with van der Waals surface area (Å²) in [5, 5.41) is 3.12. The summed E-state index contributed by atoms with van der Waals surface area (Å²) >= 11 is 5.85. The first kappa shape index (κ1) is 35.3. The van der Waals surface area contributed by atoms with Crippen LogP contribution in [-0.4, -0.2) is 116 Å². The van der Waals surface area contributed by atoms with E-state index in [-0.39, 0.29) is 23.9 Å². The second-order valence-corrected chi connectivity index (χ2v) is 13.4. The summed E-state index contributed by atoms with van der Waals surface area (Å²) in [5.41, 5.74) is 7.15. The highest BCUT2D eigenvalue weighted by Gasteiger charge is 2.37. The summed E-state index contributed by atoms with van der Waals surface area (Å²) in [7, 11) is 2.11. The monoisotopic (exact) mass is 678 g/mol. The molecule has 0 unspecified atom stereocenters. The number of anilines is 1. The summed E-state index contributed by atoms with van der Waals surface area (Å²) < 4.78 is 46.7. The van der Waals surface area contributed by atoms with Crippen molar-refractivity contribution in [3.8, 4) is 0 Å². The molecule has 1 atom stereocenters. The number of likely N-dealkylation sites (tertiary alicyclic amines) is 2. The zero-order valence-electron chi connectivity index (χ0n) is 27.0. The lowest BCUT2D eigenvalue weighted by Gasteiger charge is -2.42. The molecule has 3 saturated heterocycles. The number of carbonyl (C=O) groups is 2. The van der Waals surface area contributed by atoms with Gasteiger partial charge in [-0.05, 0) is 75.0 Å². The molecule has 9 nitrogen and oxygen atoms in total. The van der Waals surface area contributed by atoms with Crippen molar-refractivity contribution < 1.29 is 27.5 Å². The lowest BCUT2D eigenvalue weighted by molar-refractivity contribution is -0.142. The van der Waals surface area contributed by atoms with Gasteiger partial charge >= 0.3 is 12.3 Å². The quantitative estimate of drug-likeness (QED) is 0.377. The standard InChI is InChI=1S/C34H46ClF3N6O3/c1-41-18-20-42(21-19-41)27-11-16-43(17-12-27)32(45)31(23-24-6-7-29(35)28(22-24)34(36,37)38)47-33(46)44-14-9-26(10-15-44)40-13-8-25-4-2-3-5-30(25)39/h2-7,22,26-27,31,40H,8-21,23,39H2,1H3/t31-/m1/s1. The van der Waals surface area contributed by atoms with Crippen LogP contribution in [0, 0.1) is 0 Å².